The third-order valence-electron chi connectivity index (χ3n) is 3.35. The molecule has 1 saturated carbocycles. The fourth-order valence-corrected chi connectivity index (χ4v) is 2.01. The number of ether oxygens (including phenoxy) is 1. The maximum atomic E-state index is 11.5. The third kappa shape index (κ3) is 4.31. The van der Waals surface area contributed by atoms with Gasteiger partial charge in [-0.1, -0.05) is 6.92 Å². The number of carbonyl (C=O) groups excluding carboxylic acids is 1. The van der Waals surface area contributed by atoms with E-state index in [9.17, 15) is 4.79 Å². The Morgan fingerprint density at radius 2 is 1.90 bits per heavy atom. The predicted molar refractivity (Wildman–Crippen MR) is 82.6 cm³/mol. The molecule has 1 fully saturated rings. The maximum absolute atomic E-state index is 11.5. The molecular formula is C15H24N4O2. The molecule has 1 aliphatic rings. The molecule has 1 heterocycles. The quantitative estimate of drug-likeness (QED) is 0.717. The van der Waals surface area contributed by atoms with Crippen LogP contribution in [-0.4, -0.2) is 35.6 Å². The van der Waals surface area contributed by atoms with Gasteiger partial charge < -0.3 is 15.4 Å². The summed E-state index contributed by atoms with van der Waals surface area (Å²) in [5, 5.41) is 6.40. The van der Waals surface area contributed by atoms with Crippen molar-refractivity contribution in [3.8, 4) is 0 Å². The van der Waals surface area contributed by atoms with Gasteiger partial charge in [-0.2, -0.15) is 0 Å². The molecule has 6 heteroatoms. The summed E-state index contributed by atoms with van der Waals surface area (Å²) in [5.74, 6) is 2.65. The van der Waals surface area contributed by atoms with E-state index in [0.717, 1.165) is 48.8 Å². The average molecular weight is 292 g/mol. The van der Waals surface area contributed by atoms with Gasteiger partial charge in [-0.05, 0) is 33.1 Å². The van der Waals surface area contributed by atoms with E-state index in [-0.39, 0.29) is 12.5 Å². The van der Waals surface area contributed by atoms with Gasteiger partial charge in [0.2, 0.25) is 0 Å². The molecule has 116 valence electrons. The van der Waals surface area contributed by atoms with Crippen LogP contribution in [0.1, 0.15) is 50.4 Å². The SMILES string of the molecule is CCCNc1nc(C2CC2)nc(NCC(=O)OCC)c1C. The van der Waals surface area contributed by atoms with E-state index in [4.69, 9.17) is 4.74 Å². The first-order valence-corrected chi connectivity index (χ1v) is 7.67. The second-order valence-electron chi connectivity index (χ2n) is 5.26. The molecule has 0 atom stereocenters. The van der Waals surface area contributed by atoms with Crippen LogP contribution in [0.25, 0.3) is 0 Å². The highest BCUT2D eigenvalue weighted by Gasteiger charge is 2.28. The molecule has 0 saturated heterocycles. The largest absolute Gasteiger partial charge is 0.465 e. The van der Waals surface area contributed by atoms with Crippen LogP contribution in [0.4, 0.5) is 11.6 Å². The molecular weight excluding hydrogens is 268 g/mol. The van der Waals surface area contributed by atoms with Gasteiger partial charge in [0.1, 0.15) is 24.0 Å². The Morgan fingerprint density at radius 1 is 1.24 bits per heavy atom. The van der Waals surface area contributed by atoms with Crippen LogP contribution in [0, 0.1) is 6.92 Å². The summed E-state index contributed by atoms with van der Waals surface area (Å²) in [6, 6.07) is 0. The molecule has 2 rings (SSSR count). The van der Waals surface area contributed by atoms with E-state index in [1.807, 2.05) is 6.92 Å². The van der Waals surface area contributed by atoms with Crippen LogP contribution in [0.3, 0.4) is 0 Å². The lowest BCUT2D eigenvalue weighted by molar-refractivity contribution is -0.140. The average Bonchev–Trinajstić information content (AvgIpc) is 3.30. The zero-order valence-electron chi connectivity index (χ0n) is 13.0. The lowest BCUT2D eigenvalue weighted by atomic mass is 10.2. The molecule has 1 aromatic rings. The molecule has 21 heavy (non-hydrogen) atoms. The van der Waals surface area contributed by atoms with Crippen molar-refractivity contribution in [2.75, 3.05) is 30.3 Å². The van der Waals surface area contributed by atoms with Crippen molar-refractivity contribution in [1.82, 2.24) is 9.97 Å². The molecule has 0 aromatic carbocycles. The lowest BCUT2D eigenvalue weighted by Gasteiger charge is -2.14. The zero-order valence-corrected chi connectivity index (χ0v) is 13.0. The van der Waals surface area contributed by atoms with Crippen molar-refractivity contribution in [2.24, 2.45) is 0 Å². The van der Waals surface area contributed by atoms with E-state index in [1.165, 1.54) is 0 Å². The van der Waals surface area contributed by atoms with Crippen molar-refractivity contribution >= 4 is 17.6 Å². The molecule has 0 aliphatic heterocycles. The number of anilines is 2. The second-order valence-corrected chi connectivity index (χ2v) is 5.26. The van der Waals surface area contributed by atoms with Gasteiger partial charge in [-0.25, -0.2) is 9.97 Å². The van der Waals surface area contributed by atoms with Crippen LogP contribution >= 0.6 is 0 Å². The summed E-state index contributed by atoms with van der Waals surface area (Å²) in [5.41, 5.74) is 0.942. The number of carbonyl (C=O) groups is 1. The molecule has 1 aromatic heterocycles. The molecule has 6 nitrogen and oxygen atoms in total. The standard InChI is InChI=1S/C15H24N4O2/c1-4-8-16-13-10(3)14(17-9-12(20)21-5-2)19-15(18-13)11-6-7-11/h11H,4-9H2,1-3H3,(H2,16,17,18,19). The summed E-state index contributed by atoms with van der Waals surface area (Å²) in [4.78, 5) is 20.7. The van der Waals surface area contributed by atoms with Gasteiger partial charge in [0.05, 0.1) is 6.61 Å². The zero-order chi connectivity index (χ0) is 15.2. The molecule has 2 N–H and O–H groups in total. The first kappa shape index (κ1) is 15.5. The van der Waals surface area contributed by atoms with Crippen molar-refractivity contribution in [3.05, 3.63) is 11.4 Å². The fraction of sp³-hybridized carbons (Fsp3) is 0.667. The molecule has 0 unspecified atom stereocenters. The highest BCUT2D eigenvalue weighted by atomic mass is 16.5. The first-order valence-electron chi connectivity index (χ1n) is 7.67. The number of hydrogen-bond acceptors (Lipinski definition) is 6. The number of nitrogens with zero attached hydrogens (tertiary/aromatic N) is 2. The number of hydrogen-bond donors (Lipinski definition) is 2. The minimum Gasteiger partial charge on any atom is -0.465 e. The summed E-state index contributed by atoms with van der Waals surface area (Å²) in [6.07, 6.45) is 3.33. The van der Waals surface area contributed by atoms with Crippen LogP contribution in [0.2, 0.25) is 0 Å². The Bertz CT molecular complexity index is 501. The van der Waals surface area contributed by atoms with Gasteiger partial charge >= 0.3 is 5.97 Å². The van der Waals surface area contributed by atoms with E-state index in [0.29, 0.717) is 12.5 Å². The topological polar surface area (TPSA) is 76.1 Å². The van der Waals surface area contributed by atoms with Gasteiger partial charge in [0.15, 0.2) is 0 Å². The Kier molecular flexibility index (Phi) is 5.36. The Balaban J connectivity index is 2.13. The first-order chi connectivity index (χ1) is 10.2. The third-order valence-corrected chi connectivity index (χ3v) is 3.35. The van der Waals surface area contributed by atoms with Gasteiger partial charge in [-0.3, -0.25) is 4.79 Å². The molecule has 1 aliphatic carbocycles. The van der Waals surface area contributed by atoms with Crippen LogP contribution in [-0.2, 0) is 9.53 Å². The van der Waals surface area contributed by atoms with Gasteiger partial charge in [0, 0.05) is 18.0 Å². The number of nitrogens with one attached hydrogen (secondary N) is 2. The van der Waals surface area contributed by atoms with Crippen LogP contribution in [0.15, 0.2) is 0 Å². The normalized spacial score (nSPS) is 13.9. The summed E-state index contributed by atoms with van der Waals surface area (Å²) in [6.45, 7) is 7.27. The molecule has 0 bridgehead atoms. The van der Waals surface area contributed by atoms with E-state index >= 15 is 0 Å². The van der Waals surface area contributed by atoms with Crippen LogP contribution < -0.4 is 10.6 Å². The van der Waals surface area contributed by atoms with Crippen molar-refractivity contribution in [3.63, 3.8) is 0 Å². The van der Waals surface area contributed by atoms with E-state index in [1.54, 1.807) is 6.92 Å². The second kappa shape index (κ2) is 7.24. The summed E-state index contributed by atoms with van der Waals surface area (Å²) >= 11 is 0. The maximum Gasteiger partial charge on any atom is 0.325 e. The van der Waals surface area contributed by atoms with Crippen molar-refractivity contribution in [2.45, 2.75) is 46.0 Å². The smallest absolute Gasteiger partial charge is 0.325 e. The Hall–Kier alpha value is -1.85. The van der Waals surface area contributed by atoms with E-state index in [2.05, 4.69) is 27.5 Å². The van der Waals surface area contributed by atoms with Crippen LogP contribution in [0.5, 0.6) is 0 Å². The van der Waals surface area contributed by atoms with E-state index < -0.39 is 0 Å². The van der Waals surface area contributed by atoms with Crippen molar-refractivity contribution in [1.29, 1.82) is 0 Å². The lowest BCUT2D eigenvalue weighted by Crippen LogP contribution is -2.19. The minimum atomic E-state index is -0.272. The Morgan fingerprint density at radius 3 is 2.48 bits per heavy atom. The number of aromatic nitrogens is 2. The number of esters is 1. The highest BCUT2D eigenvalue weighted by Crippen LogP contribution is 2.39. The minimum absolute atomic E-state index is 0.128. The fourth-order valence-electron chi connectivity index (χ4n) is 2.01. The molecule has 0 radical (unpaired) electrons. The highest BCUT2D eigenvalue weighted by molar-refractivity contribution is 5.75. The van der Waals surface area contributed by atoms with Gasteiger partial charge in [-0.15, -0.1) is 0 Å². The predicted octanol–water partition coefficient (Wildman–Crippen LogP) is 2.46. The molecule has 0 amide bonds. The van der Waals surface area contributed by atoms with Gasteiger partial charge in [0.25, 0.3) is 0 Å². The summed E-state index contributed by atoms with van der Waals surface area (Å²) < 4.78 is 4.93. The van der Waals surface area contributed by atoms with Crippen molar-refractivity contribution < 1.29 is 9.53 Å². The molecule has 0 spiro atoms. The number of rotatable bonds is 8. The monoisotopic (exact) mass is 292 g/mol. The summed E-state index contributed by atoms with van der Waals surface area (Å²) in [7, 11) is 0. The Labute approximate surface area is 125 Å².